The molecule has 2 amide bonds. The molecule has 3 heterocycles. The number of carboxylic acid groups (broad SMARTS) is 1. The number of amides is 2. The number of β-lactam (4-membered cyclic amide) rings is 1. The van der Waals surface area contributed by atoms with Crippen LogP contribution in [0.25, 0.3) is 0 Å². The quantitative estimate of drug-likeness (QED) is 0.0551. The molecule has 16 nitrogen and oxygen atoms in total. The number of carboxylic acids is 1. The van der Waals surface area contributed by atoms with Crippen molar-refractivity contribution in [1.82, 2.24) is 35.6 Å². The van der Waals surface area contributed by atoms with Crippen LogP contribution in [0.4, 0.5) is 0 Å². The minimum Gasteiger partial charge on any atom is -0.735 e. The van der Waals surface area contributed by atoms with Gasteiger partial charge in [0.2, 0.25) is 5.16 Å². The Kier molecular flexibility index (Phi) is 13.3. The molecule has 41 heavy (non-hydrogen) atoms. The number of benzene rings is 1. The molecule has 2 aliphatic rings. The van der Waals surface area contributed by atoms with Crippen molar-refractivity contribution in [2.75, 3.05) is 19.4 Å². The van der Waals surface area contributed by atoms with Gasteiger partial charge in [-0.3, -0.25) is 14.5 Å². The van der Waals surface area contributed by atoms with Gasteiger partial charge in [0, 0.05) is 24.7 Å². The van der Waals surface area contributed by atoms with Gasteiger partial charge >= 0.3 is 59.1 Å². The molecule has 0 radical (unpaired) electrons. The van der Waals surface area contributed by atoms with Crippen LogP contribution >= 0.6 is 23.5 Å². The van der Waals surface area contributed by atoms with E-state index in [0.717, 1.165) is 35.5 Å². The van der Waals surface area contributed by atoms with Crippen molar-refractivity contribution in [3.63, 3.8) is 0 Å². The largest absolute Gasteiger partial charge is 1.00 e. The van der Waals surface area contributed by atoms with Crippen LogP contribution in [0.2, 0.25) is 0 Å². The minimum atomic E-state index is -4.77. The number of nitrogens with one attached hydrogen (secondary N) is 3. The zero-order valence-corrected chi connectivity index (χ0v) is 28.4. The van der Waals surface area contributed by atoms with Crippen LogP contribution in [0.5, 0.6) is 0 Å². The normalized spacial score (nSPS) is 21.5. The second-order valence-corrected chi connectivity index (χ2v) is 11.6. The first kappa shape index (κ1) is 36.1. The van der Waals surface area contributed by atoms with E-state index in [1.807, 2.05) is 0 Å². The first-order chi connectivity index (χ1) is 18.5. The van der Waals surface area contributed by atoms with E-state index >= 15 is 0 Å². The number of aromatic nitrogens is 4. The number of rotatable bonds is 12. The Morgan fingerprint density at radius 3 is 2.59 bits per heavy atom. The number of carbonyl (C=O) groups is 3. The van der Waals surface area contributed by atoms with Crippen LogP contribution in [0.1, 0.15) is 18.1 Å². The monoisotopic (exact) mass is 645 g/mol. The number of aliphatic hydroxyl groups is 1. The van der Waals surface area contributed by atoms with Crippen LogP contribution in [0, 0.1) is 0 Å². The maximum atomic E-state index is 13.4. The summed E-state index contributed by atoms with van der Waals surface area (Å²) < 4.78 is 40.2. The van der Waals surface area contributed by atoms with Gasteiger partial charge in [-0.05, 0) is 22.8 Å². The number of H-pyrrole nitrogens is 1. The first-order valence-corrected chi connectivity index (χ1v) is 14.4. The van der Waals surface area contributed by atoms with Crippen LogP contribution in [0.3, 0.4) is 0 Å². The van der Waals surface area contributed by atoms with Gasteiger partial charge in [0.05, 0.1) is 11.7 Å². The van der Waals surface area contributed by atoms with E-state index < -0.39 is 56.2 Å². The number of carbonyl (C=O) groups excluding carboxylic acids is 3. The zero-order valence-electron chi connectivity index (χ0n) is 22.0. The number of nitrogens with zero attached hydrogens (tertiary/aromatic N) is 4. The molecule has 4 rings (SSSR count). The smallest absolute Gasteiger partial charge is 0.735 e. The zero-order chi connectivity index (χ0) is 28.4. The third-order valence-electron chi connectivity index (χ3n) is 5.90. The SMILES string of the molecule is CO[C@]1(NC(=O)C(O)c2ccccc2)C(=O)N2C(C(=O)[O-])=C(C(CCNS(=O)(=O)[O-])Sc3nn[nH]n3)CS[C@H]21.[Na+].[Na+]. The number of aromatic amines is 1. The summed E-state index contributed by atoms with van der Waals surface area (Å²) in [5, 5.41) is 36.7. The van der Waals surface area contributed by atoms with Crippen LogP contribution in [-0.2, 0) is 29.4 Å². The maximum Gasteiger partial charge on any atom is 1.00 e. The molecule has 0 bridgehead atoms. The third-order valence-corrected chi connectivity index (χ3v) is 8.98. The molecule has 21 heteroatoms. The average molecular weight is 646 g/mol. The molecule has 1 aromatic carbocycles. The molecule has 1 saturated heterocycles. The van der Waals surface area contributed by atoms with E-state index in [9.17, 15) is 37.6 Å². The maximum absolute atomic E-state index is 13.4. The Balaban J connectivity index is 0.00000294. The summed E-state index contributed by atoms with van der Waals surface area (Å²) in [6, 6.07) is 7.97. The second-order valence-electron chi connectivity index (χ2n) is 8.18. The van der Waals surface area contributed by atoms with Gasteiger partial charge in [-0.2, -0.15) is 5.21 Å². The number of fused-ring (bicyclic) bond motifs is 1. The van der Waals surface area contributed by atoms with Crippen LogP contribution in [0.15, 0.2) is 46.8 Å². The van der Waals surface area contributed by atoms with E-state index in [2.05, 4.69) is 25.9 Å². The van der Waals surface area contributed by atoms with E-state index in [0.29, 0.717) is 0 Å². The summed E-state index contributed by atoms with van der Waals surface area (Å²) in [5.74, 6) is -3.57. The van der Waals surface area contributed by atoms with E-state index in [1.54, 1.807) is 22.9 Å². The molecular formula is C20H21N7Na2O9S3. The summed E-state index contributed by atoms with van der Waals surface area (Å²) in [4.78, 5) is 39.4. The summed E-state index contributed by atoms with van der Waals surface area (Å²) >= 11 is 2.00. The summed E-state index contributed by atoms with van der Waals surface area (Å²) in [6.45, 7) is -0.345. The first-order valence-electron chi connectivity index (χ1n) is 11.1. The molecule has 0 saturated carbocycles. The number of tetrazole rings is 1. The molecule has 0 aliphatic carbocycles. The van der Waals surface area contributed by atoms with Crippen molar-refractivity contribution < 1.29 is 101 Å². The number of aliphatic carboxylic acids is 1. The Morgan fingerprint density at radius 1 is 1.34 bits per heavy atom. The Labute approximate surface area is 286 Å². The van der Waals surface area contributed by atoms with Gasteiger partial charge in [0.25, 0.3) is 17.5 Å². The van der Waals surface area contributed by atoms with Crippen molar-refractivity contribution in [1.29, 1.82) is 0 Å². The molecule has 210 valence electrons. The minimum absolute atomic E-state index is 0. The van der Waals surface area contributed by atoms with E-state index in [-0.39, 0.29) is 94.1 Å². The summed E-state index contributed by atoms with van der Waals surface area (Å²) in [6.07, 6.45) is -1.70. The van der Waals surface area contributed by atoms with Crippen molar-refractivity contribution in [3.05, 3.63) is 47.2 Å². The van der Waals surface area contributed by atoms with E-state index in [4.69, 9.17) is 4.74 Å². The van der Waals surface area contributed by atoms with Gasteiger partial charge in [0.15, 0.2) is 16.4 Å². The molecule has 2 unspecified atom stereocenters. The topological polar surface area (TPSA) is 243 Å². The van der Waals surface area contributed by atoms with Crippen molar-refractivity contribution >= 4 is 51.6 Å². The van der Waals surface area contributed by atoms with E-state index in [1.165, 1.54) is 12.1 Å². The van der Waals surface area contributed by atoms with Gasteiger partial charge < -0.3 is 29.6 Å². The predicted octanol–water partition coefficient (Wildman–Crippen LogP) is -8.78. The number of ether oxygens (including phenoxy) is 1. The second kappa shape index (κ2) is 15.1. The standard InChI is InChI=1S/C20H23N7O9S3.2Na/c1-36-20(22-15(29)14(28)10-5-3-2-4-6-10)17(32)27-13(16(30)31)11(9-37-18(20)27)12(7-8-21-39(33,34)35)38-19-23-25-26-24-19;;/h2-6,12,14,18,21,28H,7-9H2,1H3,(H,22,29)(H,30,31)(H,33,34,35)(H,23,24,25,26);;/q;2*+1/p-2/t12?,14?,18-,20+;;/m0../s1. The van der Waals surface area contributed by atoms with Gasteiger partial charge in [-0.1, -0.05) is 42.1 Å². The molecule has 2 aromatic rings. The van der Waals surface area contributed by atoms with Crippen molar-refractivity contribution in [2.24, 2.45) is 0 Å². The summed E-state index contributed by atoms with van der Waals surface area (Å²) in [7, 11) is -3.61. The Morgan fingerprint density at radius 2 is 2.02 bits per heavy atom. The van der Waals surface area contributed by atoms with Gasteiger partial charge in [-0.25, -0.2) is 13.1 Å². The fourth-order valence-corrected chi connectivity index (χ4v) is 7.12. The molecule has 1 fully saturated rings. The molecule has 0 spiro atoms. The average Bonchev–Trinajstić information content (AvgIpc) is 3.42. The molecule has 1 aromatic heterocycles. The van der Waals surface area contributed by atoms with Crippen LogP contribution < -0.4 is 74.3 Å². The Hall–Kier alpha value is -1.07. The molecule has 2 aliphatic heterocycles. The summed E-state index contributed by atoms with van der Waals surface area (Å²) in [5.41, 5.74) is -2.03. The fourth-order valence-electron chi connectivity index (χ4n) is 4.13. The van der Waals surface area contributed by atoms with Gasteiger partial charge in [-0.15, -0.1) is 22.0 Å². The molecule has 4 atom stereocenters. The van der Waals surface area contributed by atoms with Gasteiger partial charge in [0.1, 0.15) is 5.37 Å². The number of hydrogen-bond acceptors (Lipinski definition) is 14. The molecular weight excluding hydrogens is 624 g/mol. The third kappa shape index (κ3) is 7.91. The fraction of sp³-hybridized carbons (Fsp3) is 0.400. The van der Waals surface area contributed by atoms with Crippen LogP contribution in [-0.4, -0.2) is 97.1 Å². The Bertz CT molecular complexity index is 1390. The van der Waals surface area contributed by atoms with Crippen molar-refractivity contribution in [3.8, 4) is 0 Å². The number of methoxy groups -OCH3 is 1. The number of thioether (sulfide) groups is 2. The number of hydrogen-bond donors (Lipinski definition) is 4. The number of aliphatic hydroxyl groups excluding tert-OH is 1. The van der Waals surface area contributed by atoms with Crippen molar-refractivity contribution in [2.45, 2.75) is 34.0 Å². The molecule has 4 N–H and O–H groups in total. The predicted molar refractivity (Wildman–Crippen MR) is 131 cm³/mol.